The van der Waals surface area contributed by atoms with Gasteiger partial charge in [0.15, 0.2) is 0 Å². The summed E-state index contributed by atoms with van der Waals surface area (Å²) in [5.74, 6) is -0.0228. The van der Waals surface area contributed by atoms with Gasteiger partial charge in [0.1, 0.15) is 6.04 Å². The first-order valence-corrected chi connectivity index (χ1v) is 4.40. The molecular weight excluding hydrogens is 183 g/mol. The second-order valence-corrected chi connectivity index (χ2v) is 3.47. The fourth-order valence-electron chi connectivity index (χ4n) is 1.49. The molecule has 1 saturated heterocycles. The molecule has 0 bridgehead atoms. The van der Waals surface area contributed by atoms with Gasteiger partial charge in [0.05, 0.1) is 0 Å². The largest absolute Gasteiger partial charge is 0.403 e. The molecule has 13 heavy (non-hydrogen) atoms. The monoisotopic (exact) mass is 197 g/mol. The van der Waals surface area contributed by atoms with Crippen molar-refractivity contribution in [3.63, 3.8) is 0 Å². The zero-order chi connectivity index (χ0) is 9.90. The zero-order valence-corrected chi connectivity index (χ0v) is 7.31. The summed E-state index contributed by atoms with van der Waals surface area (Å²) in [4.78, 5) is 0. The lowest BCUT2D eigenvalue weighted by Crippen LogP contribution is -2.40. The number of alkyl halides is 3. The molecule has 2 unspecified atom stereocenters. The van der Waals surface area contributed by atoms with Crippen molar-refractivity contribution in [2.24, 2.45) is 11.7 Å². The Morgan fingerprint density at radius 3 is 2.62 bits per heavy atom. The molecule has 2 N–H and O–H groups in total. The highest BCUT2D eigenvalue weighted by molar-refractivity contribution is 4.76. The molecule has 78 valence electrons. The van der Waals surface area contributed by atoms with Crippen LogP contribution in [0.3, 0.4) is 0 Å². The summed E-state index contributed by atoms with van der Waals surface area (Å²) in [6.07, 6.45) is -2.64. The Morgan fingerprint density at radius 1 is 1.46 bits per heavy atom. The molecule has 2 nitrogen and oxygen atoms in total. The lowest BCUT2D eigenvalue weighted by molar-refractivity contribution is -0.153. The van der Waals surface area contributed by atoms with Crippen LogP contribution in [-0.4, -0.2) is 25.4 Å². The van der Waals surface area contributed by atoms with Crippen molar-refractivity contribution >= 4 is 0 Å². The molecule has 5 heteroatoms. The Bertz CT molecular complexity index is 154. The van der Waals surface area contributed by atoms with E-state index in [1.807, 2.05) is 0 Å². The van der Waals surface area contributed by atoms with Crippen LogP contribution in [0.1, 0.15) is 19.3 Å². The maximum absolute atomic E-state index is 12.0. The molecule has 0 aromatic heterocycles. The molecule has 0 aromatic carbocycles. The summed E-state index contributed by atoms with van der Waals surface area (Å²) >= 11 is 0. The number of halogens is 3. The van der Waals surface area contributed by atoms with Crippen LogP contribution in [-0.2, 0) is 4.74 Å². The second kappa shape index (κ2) is 4.28. The molecule has 1 fully saturated rings. The van der Waals surface area contributed by atoms with Crippen LogP contribution in [0.15, 0.2) is 0 Å². The molecule has 1 heterocycles. The lowest BCUT2D eigenvalue weighted by Gasteiger charge is -2.25. The fourth-order valence-corrected chi connectivity index (χ4v) is 1.49. The molecular formula is C8H14F3NO. The van der Waals surface area contributed by atoms with Crippen LogP contribution < -0.4 is 5.73 Å². The smallest absolute Gasteiger partial charge is 0.381 e. The molecule has 0 aliphatic carbocycles. The Kier molecular flexibility index (Phi) is 3.55. The third kappa shape index (κ3) is 3.52. The van der Waals surface area contributed by atoms with Crippen LogP contribution in [0.25, 0.3) is 0 Å². The van der Waals surface area contributed by atoms with E-state index in [2.05, 4.69) is 0 Å². The summed E-state index contributed by atoms with van der Waals surface area (Å²) in [7, 11) is 0. The highest BCUT2D eigenvalue weighted by Gasteiger charge is 2.38. The van der Waals surface area contributed by atoms with Crippen molar-refractivity contribution in [2.45, 2.75) is 31.5 Å². The SMILES string of the molecule is NC(CC1CCCOC1)C(F)(F)F. The summed E-state index contributed by atoms with van der Waals surface area (Å²) < 4.78 is 41.2. The van der Waals surface area contributed by atoms with Crippen LogP contribution >= 0.6 is 0 Å². The van der Waals surface area contributed by atoms with E-state index in [4.69, 9.17) is 10.5 Å². The average Bonchev–Trinajstić information content (AvgIpc) is 2.04. The standard InChI is InChI=1S/C8H14F3NO/c9-8(10,11)7(12)4-6-2-1-3-13-5-6/h6-7H,1-5,12H2. The minimum absolute atomic E-state index is 0.0104. The maximum Gasteiger partial charge on any atom is 0.403 e. The third-order valence-electron chi connectivity index (χ3n) is 2.26. The zero-order valence-electron chi connectivity index (χ0n) is 7.31. The van der Waals surface area contributed by atoms with E-state index in [1.165, 1.54) is 0 Å². The Balaban J connectivity index is 2.30. The van der Waals surface area contributed by atoms with Crippen molar-refractivity contribution in [2.75, 3.05) is 13.2 Å². The van der Waals surface area contributed by atoms with Crippen molar-refractivity contribution in [1.29, 1.82) is 0 Å². The topological polar surface area (TPSA) is 35.2 Å². The van der Waals surface area contributed by atoms with E-state index in [9.17, 15) is 13.2 Å². The molecule has 1 aliphatic rings. The number of ether oxygens (including phenoxy) is 1. The van der Waals surface area contributed by atoms with Gasteiger partial charge in [-0.3, -0.25) is 0 Å². The summed E-state index contributed by atoms with van der Waals surface area (Å²) in [6.45, 7) is 1.08. The van der Waals surface area contributed by atoms with Gasteiger partial charge < -0.3 is 10.5 Å². The van der Waals surface area contributed by atoms with Crippen molar-refractivity contribution < 1.29 is 17.9 Å². The Labute approximate surface area is 75.2 Å². The van der Waals surface area contributed by atoms with E-state index >= 15 is 0 Å². The van der Waals surface area contributed by atoms with Crippen molar-refractivity contribution in [1.82, 2.24) is 0 Å². The van der Waals surface area contributed by atoms with Crippen LogP contribution in [0.4, 0.5) is 13.2 Å². The van der Waals surface area contributed by atoms with Gasteiger partial charge in [-0.2, -0.15) is 13.2 Å². The number of rotatable bonds is 2. The first-order chi connectivity index (χ1) is 6.00. The number of hydrogen-bond donors (Lipinski definition) is 1. The lowest BCUT2D eigenvalue weighted by atomic mass is 9.94. The number of nitrogens with two attached hydrogens (primary N) is 1. The van der Waals surface area contributed by atoms with Gasteiger partial charge in [-0.15, -0.1) is 0 Å². The van der Waals surface area contributed by atoms with E-state index in [1.54, 1.807) is 0 Å². The summed E-state index contributed by atoms with van der Waals surface area (Å²) in [5, 5.41) is 0. The predicted octanol–water partition coefficient (Wildman–Crippen LogP) is 1.69. The quantitative estimate of drug-likeness (QED) is 0.731. The van der Waals surface area contributed by atoms with Gasteiger partial charge in [-0.05, 0) is 25.2 Å². The highest BCUT2D eigenvalue weighted by atomic mass is 19.4. The minimum Gasteiger partial charge on any atom is -0.381 e. The van der Waals surface area contributed by atoms with Crippen molar-refractivity contribution in [3.05, 3.63) is 0 Å². The molecule has 0 aromatic rings. The van der Waals surface area contributed by atoms with Gasteiger partial charge in [0.25, 0.3) is 0 Å². The van der Waals surface area contributed by atoms with Crippen molar-refractivity contribution in [3.8, 4) is 0 Å². The van der Waals surface area contributed by atoms with Gasteiger partial charge in [-0.25, -0.2) is 0 Å². The predicted molar refractivity (Wildman–Crippen MR) is 42.2 cm³/mol. The number of hydrogen-bond acceptors (Lipinski definition) is 2. The first kappa shape index (κ1) is 10.8. The van der Waals surface area contributed by atoms with Crippen LogP contribution in [0.2, 0.25) is 0 Å². The van der Waals surface area contributed by atoms with Crippen LogP contribution in [0, 0.1) is 5.92 Å². The summed E-state index contributed by atoms with van der Waals surface area (Å²) in [6, 6.07) is -1.70. The molecule has 0 saturated carbocycles. The summed E-state index contributed by atoms with van der Waals surface area (Å²) in [5.41, 5.74) is 5.00. The minimum atomic E-state index is -4.27. The van der Waals surface area contributed by atoms with E-state index in [0.29, 0.717) is 13.2 Å². The van der Waals surface area contributed by atoms with Gasteiger partial charge in [-0.1, -0.05) is 0 Å². The van der Waals surface area contributed by atoms with Gasteiger partial charge in [0, 0.05) is 13.2 Å². The van der Waals surface area contributed by atoms with Crippen LogP contribution in [0.5, 0.6) is 0 Å². The highest BCUT2D eigenvalue weighted by Crippen LogP contribution is 2.26. The normalized spacial score (nSPS) is 27.2. The molecule has 1 rings (SSSR count). The Morgan fingerprint density at radius 2 is 2.15 bits per heavy atom. The average molecular weight is 197 g/mol. The maximum atomic E-state index is 12.0. The fraction of sp³-hybridized carbons (Fsp3) is 1.00. The third-order valence-corrected chi connectivity index (χ3v) is 2.26. The van der Waals surface area contributed by atoms with Gasteiger partial charge in [0.2, 0.25) is 0 Å². The second-order valence-electron chi connectivity index (χ2n) is 3.47. The van der Waals surface area contributed by atoms with E-state index < -0.39 is 12.2 Å². The molecule has 0 amide bonds. The molecule has 1 aliphatic heterocycles. The van der Waals surface area contributed by atoms with Gasteiger partial charge >= 0.3 is 6.18 Å². The Hall–Kier alpha value is -0.290. The first-order valence-electron chi connectivity index (χ1n) is 4.40. The van der Waals surface area contributed by atoms with E-state index in [0.717, 1.165) is 12.8 Å². The molecule has 0 radical (unpaired) electrons. The molecule has 0 spiro atoms. The van der Waals surface area contributed by atoms with E-state index in [-0.39, 0.29) is 12.3 Å². The molecule has 2 atom stereocenters.